The summed E-state index contributed by atoms with van der Waals surface area (Å²) >= 11 is 1.20. The number of anilines is 2. The molecule has 21 heavy (non-hydrogen) atoms. The highest BCUT2D eigenvalue weighted by Gasteiger charge is 2.12. The van der Waals surface area contributed by atoms with Crippen LogP contribution < -0.4 is 5.32 Å². The Morgan fingerprint density at radius 1 is 1.00 bits per heavy atom. The lowest BCUT2D eigenvalue weighted by atomic mass is 10.1. The lowest BCUT2D eigenvalue weighted by molar-refractivity contribution is 0.477. The van der Waals surface area contributed by atoms with E-state index in [1.54, 1.807) is 29.6 Å². The number of benzene rings is 2. The third-order valence-electron chi connectivity index (χ3n) is 2.88. The average molecular weight is 304 g/mol. The Bertz CT molecular complexity index is 769. The molecular weight excluding hydrogens is 294 g/mol. The molecule has 106 valence electrons. The molecule has 0 aliphatic rings. The number of hydrogen-bond acceptors (Lipinski definition) is 4. The molecule has 0 aliphatic carbocycles. The van der Waals surface area contributed by atoms with Gasteiger partial charge >= 0.3 is 0 Å². The molecule has 0 radical (unpaired) electrons. The van der Waals surface area contributed by atoms with Crippen molar-refractivity contribution >= 4 is 22.2 Å². The predicted molar refractivity (Wildman–Crippen MR) is 78.9 cm³/mol. The van der Waals surface area contributed by atoms with E-state index in [4.69, 9.17) is 0 Å². The van der Waals surface area contributed by atoms with E-state index in [1.807, 2.05) is 0 Å². The molecule has 0 atom stereocenters. The lowest BCUT2D eigenvalue weighted by Crippen LogP contribution is -1.96. The summed E-state index contributed by atoms with van der Waals surface area (Å²) < 4.78 is 27.1. The van der Waals surface area contributed by atoms with Crippen LogP contribution >= 0.6 is 11.3 Å². The van der Waals surface area contributed by atoms with Crippen molar-refractivity contribution in [1.82, 2.24) is 4.98 Å². The highest BCUT2D eigenvalue weighted by Crippen LogP contribution is 2.33. The molecule has 2 N–H and O–H groups in total. The van der Waals surface area contributed by atoms with Gasteiger partial charge in [-0.25, -0.2) is 13.8 Å². The van der Waals surface area contributed by atoms with E-state index < -0.39 is 11.6 Å². The summed E-state index contributed by atoms with van der Waals surface area (Å²) in [7, 11) is 0. The number of phenolic OH excluding ortho intramolecular Hbond substituents is 1. The molecule has 3 rings (SSSR count). The van der Waals surface area contributed by atoms with Gasteiger partial charge in [-0.15, -0.1) is 11.3 Å². The first kappa shape index (κ1) is 13.5. The minimum absolute atomic E-state index is 0.103. The van der Waals surface area contributed by atoms with Crippen LogP contribution in [0.4, 0.5) is 19.6 Å². The Hall–Kier alpha value is -2.47. The summed E-state index contributed by atoms with van der Waals surface area (Å²) in [6, 6.07) is 10.4. The van der Waals surface area contributed by atoms with Crippen molar-refractivity contribution in [2.24, 2.45) is 0 Å². The SMILES string of the molecule is Oc1ccccc1-c1csc(Nc2c(F)cccc2F)n1. The average Bonchev–Trinajstić information content (AvgIpc) is 2.92. The quantitative estimate of drug-likeness (QED) is 0.747. The summed E-state index contributed by atoms with van der Waals surface area (Å²) in [6.45, 7) is 0. The molecule has 0 spiro atoms. The van der Waals surface area contributed by atoms with Gasteiger partial charge in [0.05, 0.1) is 5.69 Å². The van der Waals surface area contributed by atoms with Gasteiger partial charge in [0.15, 0.2) is 5.13 Å². The van der Waals surface area contributed by atoms with Crippen LogP contribution in [0, 0.1) is 11.6 Å². The second-order valence-electron chi connectivity index (χ2n) is 4.28. The number of phenols is 1. The first-order valence-corrected chi connectivity index (χ1v) is 6.98. The highest BCUT2D eigenvalue weighted by molar-refractivity contribution is 7.14. The smallest absolute Gasteiger partial charge is 0.187 e. The van der Waals surface area contributed by atoms with Crippen molar-refractivity contribution in [2.45, 2.75) is 0 Å². The van der Waals surface area contributed by atoms with Crippen LogP contribution in [-0.2, 0) is 0 Å². The zero-order valence-corrected chi connectivity index (χ0v) is 11.5. The minimum atomic E-state index is -0.686. The normalized spacial score (nSPS) is 10.6. The maximum Gasteiger partial charge on any atom is 0.187 e. The number of halogens is 2. The molecule has 0 saturated carbocycles. The van der Waals surface area contributed by atoms with Crippen molar-refractivity contribution in [3.8, 4) is 17.0 Å². The molecule has 0 amide bonds. The maximum absolute atomic E-state index is 13.6. The van der Waals surface area contributed by atoms with Gasteiger partial charge in [-0.3, -0.25) is 0 Å². The largest absolute Gasteiger partial charge is 0.507 e. The molecule has 3 nitrogen and oxygen atoms in total. The van der Waals surface area contributed by atoms with E-state index in [9.17, 15) is 13.9 Å². The molecule has 0 aliphatic heterocycles. The van der Waals surface area contributed by atoms with Crippen molar-refractivity contribution < 1.29 is 13.9 Å². The fourth-order valence-electron chi connectivity index (χ4n) is 1.87. The molecule has 2 aromatic carbocycles. The molecule has 6 heteroatoms. The van der Waals surface area contributed by atoms with E-state index in [1.165, 1.54) is 29.5 Å². The zero-order valence-electron chi connectivity index (χ0n) is 10.7. The van der Waals surface area contributed by atoms with Gasteiger partial charge in [0, 0.05) is 10.9 Å². The standard InChI is InChI=1S/C15H10F2N2OS/c16-10-5-3-6-11(17)14(10)19-15-18-12(8-21-15)9-4-1-2-7-13(9)20/h1-8,20H,(H,18,19). The lowest BCUT2D eigenvalue weighted by Gasteiger charge is -2.05. The van der Waals surface area contributed by atoms with Crippen molar-refractivity contribution in [2.75, 3.05) is 5.32 Å². The summed E-state index contributed by atoms with van der Waals surface area (Å²) in [5.74, 6) is -1.27. The van der Waals surface area contributed by atoms with Gasteiger partial charge in [-0.2, -0.15) is 0 Å². The van der Waals surface area contributed by atoms with E-state index >= 15 is 0 Å². The molecule has 0 fully saturated rings. The zero-order chi connectivity index (χ0) is 14.8. The molecule has 3 aromatic rings. The Labute approximate surface area is 123 Å². The van der Waals surface area contributed by atoms with Crippen LogP contribution in [0.3, 0.4) is 0 Å². The van der Waals surface area contributed by atoms with Crippen LogP contribution in [0.25, 0.3) is 11.3 Å². The van der Waals surface area contributed by atoms with Gasteiger partial charge in [-0.1, -0.05) is 18.2 Å². The molecule has 0 unspecified atom stereocenters. The number of rotatable bonds is 3. The number of para-hydroxylation sites is 2. The van der Waals surface area contributed by atoms with E-state index in [0.29, 0.717) is 16.4 Å². The number of nitrogens with zero attached hydrogens (tertiary/aromatic N) is 1. The summed E-state index contributed by atoms with van der Waals surface area (Å²) in [5, 5.41) is 14.5. The number of hydrogen-bond donors (Lipinski definition) is 2. The van der Waals surface area contributed by atoms with E-state index in [-0.39, 0.29) is 11.4 Å². The fourth-order valence-corrected chi connectivity index (χ4v) is 2.58. The monoisotopic (exact) mass is 304 g/mol. The van der Waals surface area contributed by atoms with Gasteiger partial charge in [0.2, 0.25) is 0 Å². The molecular formula is C15H10F2N2OS. The fraction of sp³-hybridized carbons (Fsp3) is 0. The number of aromatic nitrogens is 1. The Morgan fingerprint density at radius 2 is 1.71 bits per heavy atom. The second-order valence-corrected chi connectivity index (χ2v) is 5.13. The second kappa shape index (κ2) is 5.49. The van der Waals surface area contributed by atoms with Crippen LogP contribution in [0.2, 0.25) is 0 Å². The van der Waals surface area contributed by atoms with Gasteiger partial charge in [0.25, 0.3) is 0 Å². The van der Waals surface area contributed by atoms with Crippen LogP contribution in [0.5, 0.6) is 5.75 Å². The first-order chi connectivity index (χ1) is 10.1. The van der Waals surface area contributed by atoms with Crippen LogP contribution in [0.15, 0.2) is 47.8 Å². The number of thiazole rings is 1. The third-order valence-corrected chi connectivity index (χ3v) is 3.64. The van der Waals surface area contributed by atoms with E-state index in [2.05, 4.69) is 10.3 Å². The van der Waals surface area contributed by atoms with Gasteiger partial charge < -0.3 is 10.4 Å². The summed E-state index contributed by atoms with van der Waals surface area (Å²) in [4.78, 5) is 4.23. The Kier molecular flexibility index (Phi) is 3.53. The van der Waals surface area contributed by atoms with Gasteiger partial charge in [0.1, 0.15) is 23.1 Å². The molecule has 1 aromatic heterocycles. The van der Waals surface area contributed by atoms with Crippen molar-refractivity contribution in [1.29, 1.82) is 0 Å². The third kappa shape index (κ3) is 2.71. The first-order valence-electron chi connectivity index (χ1n) is 6.10. The Balaban J connectivity index is 1.91. The van der Waals surface area contributed by atoms with E-state index in [0.717, 1.165) is 0 Å². The Morgan fingerprint density at radius 3 is 2.43 bits per heavy atom. The number of aromatic hydroxyl groups is 1. The van der Waals surface area contributed by atoms with Gasteiger partial charge in [-0.05, 0) is 24.3 Å². The predicted octanol–water partition coefficient (Wildman–Crippen LogP) is 4.54. The van der Waals surface area contributed by atoms with Crippen molar-refractivity contribution in [3.05, 3.63) is 59.5 Å². The summed E-state index contributed by atoms with van der Waals surface area (Å²) in [6.07, 6.45) is 0. The highest BCUT2D eigenvalue weighted by atomic mass is 32.1. The summed E-state index contributed by atoms with van der Waals surface area (Å²) in [5.41, 5.74) is 0.865. The number of nitrogens with one attached hydrogen (secondary N) is 1. The topological polar surface area (TPSA) is 45.1 Å². The molecule has 0 saturated heterocycles. The molecule has 0 bridgehead atoms. The van der Waals surface area contributed by atoms with Crippen LogP contribution in [-0.4, -0.2) is 10.1 Å². The molecule has 1 heterocycles. The minimum Gasteiger partial charge on any atom is -0.507 e. The van der Waals surface area contributed by atoms with Crippen molar-refractivity contribution in [3.63, 3.8) is 0 Å². The maximum atomic E-state index is 13.6. The van der Waals surface area contributed by atoms with Crippen LogP contribution in [0.1, 0.15) is 0 Å².